The molecule has 2 aromatic heterocycles. The normalized spacial score (nSPS) is 21.2. The molecule has 0 unspecified atom stereocenters. The predicted octanol–water partition coefficient (Wildman–Crippen LogP) is 4.83. The number of carbonyl (C=O) groups is 1. The van der Waals surface area contributed by atoms with E-state index < -0.39 is 64.0 Å². The van der Waals surface area contributed by atoms with Crippen molar-refractivity contribution in [2.24, 2.45) is 0 Å². The number of carbonyl (C=O) groups excluding carboxylic acids is 1. The molecular formula is C30H59N7O7SSi2. The van der Waals surface area contributed by atoms with Crippen LogP contribution in [0.2, 0.25) is 36.3 Å². The van der Waals surface area contributed by atoms with Crippen LogP contribution in [0.15, 0.2) is 12.7 Å². The minimum atomic E-state index is -4.36. The van der Waals surface area contributed by atoms with Gasteiger partial charge in [0, 0.05) is 6.92 Å². The van der Waals surface area contributed by atoms with E-state index in [1.807, 2.05) is 4.72 Å². The van der Waals surface area contributed by atoms with Crippen LogP contribution in [0.5, 0.6) is 0 Å². The summed E-state index contributed by atoms with van der Waals surface area (Å²) >= 11 is 0. The highest BCUT2D eigenvalue weighted by Gasteiger charge is 2.55. The standard InChI is InChI=1S/C24H44N6O7SSi2.C6H15N/c1-15(31)29-38(32,33)34-12-16-18(36-39(8,9)23(2,3)4)19(37-40(10,11)24(5,6)7)22(35-16)30-14-28-17-20(25)26-13-27-21(17)30;1-4-7(5-2)6-3/h13-14,16,18-19,22H,12H2,1-11H3,(H,29,31)(H2,25,26,27);4-6H2,1-3H3/t16-,18-,19-,22-;/m1./s1. The first-order valence-corrected chi connectivity index (χ1v) is 23.5. The summed E-state index contributed by atoms with van der Waals surface area (Å²) < 4.78 is 54.0. The van der Waals surface area contributed by atoms with E-state index in [1.54, 1.807) is 10.9 Å². The van der Waals surface area contributed by atoms with Crippen molar-refractivity contribution in [2.75, 3.05) is 32.0 Å². The summed E-state index contributed by atoms with van der Waals surface area (Å²) in [7, 11) is -9.23. The molecule has 0 aliphatic carbocycles. The van der Waals surface area contributed by atoms with Gasteiger partial charge in [-0.1, -0.05) is 62.3 Å². The van der Waals surface area contributed by atoms with Crippen LogP contribution in [0.25, 0.3) is 11.2 Å². The molecule has 3 N–H and O–H groups in total. The number of fused-ring (bicyclic) bond motifs is 1. The maximum absolute atomic E-state index is 12.4. The molecule has 1 amide bonds. The molecule has 0 aromatic carbocycles. The van der Waals surface area contributed by atoms with Crippen molar-refractivity contribution in [3.05, 3.63) is 12.7 Å². The molecule has 1 fully saturated rings. The molecule has 2 aromatic rings. The number of rotatable bonds is 12. The minimum Gasteiger partial charge on any atom is -0.408 e. The third-order valence-corrected chi connectivity index (χ3v) is 19.3. The molecular weight excluding hydrogens is 659 g/mol. The van der Waals surface area contributed by atoms with Crippen LogP contribution in [0, 0.1) is 0 Å². The summed E-state index contributed by atoms with van der Waals surface area (Å²) in [5, 5.41) is -0.310. The Morgan fingerprint density at radius 2 is 1.47 bits per heavy atom. The van der Waals surface area contributed by atoms with Crippen molar-refractivity contribution < 1.29 is 31.0 Å². The fourth-order valence-electron chi connectivity index (χ4n) is 4.46. The van der Waals surface area contributed by atoms with Crippen molar-refractivity contribution in [2.45, 2.75) is 130 Å². The largest absolute Gasteiger partial charge is 0.408 e. The number of anilines is 1. The Hall–Kier alpha value is -2.00. The summed E-state index contributed by atoms with van der Waals surface area (Å²) in [5.74, 6) is -0.542. The average Bonchev–Trinajstić information content (AvgIpc) is 3.49. The van der Waals surface area contributed by atoms with E-state index in [1.165, 1.54) is 26.0 Å². The second kappa shape index (κ2) is 15.7. The highest BCUT2D eigenvalue weighted by molar-refractivity contribution is 7.85. The van der Waals surface area contributed by atoms with Gasteiger partial charge in [0.15, 0.2) is 34.3 Å². The first-order valence-electron chi connectivity index (χ1n) is 16.3. The average molecular weight is 718 g/mol. The Morgan fingerprint density at radius 3 is 1.91 bits per heavy atom. The lowest BCUT2D eigenvalue weighted by atomic mass is 10.1. The van der Waals surface area contributed by atoms with E-state index in [0.717, 1.165) is 6.92 Å². The molecule has 0 saturated carbocycles. The Balaban J connectivity index is 0.000000984. The molecule has 4 atom stereocenters. The van der Waals surface area contributed by atoms with Crippen LogP contribution >= 0.6 is 0 Å². The monoisotopic (exact) mass is 717 g/mol. The molecule has 47 heavy (non-hydrogen) atoms. The van der Waals surface area contributed by atoms with E-state index in [2.05, 4.69) is 108 Å². The Bertz CT molecular complexity index is 1430. The molecule has 14 nitrogen and oxygen atoms in total. The van der Waals surface area contributed by atoms with Gasteiger partial charge in [-0.2, -0.15) is 8.42 Å². The predicted molar refractivity (Wildman–Crippen MR) is 190 cm³/mol. The Kier molecular flexibility index (Phi) is 13.8. The van der Waals surface area contributed by atoms with E-state index in [0.29, 0.717) is 11.2 Å². The molecule has 3 heterocycles. The molecule has 0 bridgehead atoms. The van der Waals surface area contributed by atoms with E-state index in [-0.39, 0.29) is 15.9 Å². The van der Waals surface area contributed by atoms with Crippen LogP contribution in [0.3, 0.4) is 0 Å². The summed E-state index contributed by atoms with van der Waals surface area (Å²) in [6.07, 6.45) is -0.124. The number of hydrogen-bond donors (Lipinski definition) is 2. The second-order valence-electron chi connectivity index (χ2n) is 14.9. The summed E-state index contributed by atoms with van der Waals surface area (Å²) in [4.78, 5) is 26.6. The van der Waals surface area contributed by atoms with Crippen molar-refractivity contribution >= 4 is 49.8 Å². The highest BCUT2D eigenvalue weighted by atomic mass is 32.2. The van der Waals surface area contributed by atoms with Gasteiger partial charge in [0.2, 0.25) is 5.91 Å². The number of nitrogens with zero attached hydrogens (tertiary/aromatic N) is 5. The first-order chi connectivity index (χ1) is 21.4. The van der Waals surface area contributed by atoms with Crippen LogP contribution in [-0.4, -0.2) is 99.9 Å². The Morgan fingerprint density at radius 1 is 0.957 bits per heavy atom. The zero-order chi connectivity index (χ0) is 36.2. The molecule has 1 aliphatic heterocycles. The SMILES string of the molecule is CC(=O)NS(=O)(=O)OC[C@H]1O[C@@H](n2cnc3c(N)ncnc32)[C@H](O[Si](C)(C)C(C)(C)C)[C@@H]1O[Si](C)(C)C(C)(C)C.CCN(CC)CC. The number of amides is 1. The molecule has 0 spiro atoms. The number of hydrogen-bond acceptors (Lipinski definition) is 12. The fourth-order valence-corrected chi connectivity index (χ4v) is 7.79. The van der Waals surface area contributed by atoms with Crippen LogP contribution < -0.4 is 10.5 Å². The molecule has 0 radical (unpaired) electrons. The van der Waals surface area contributed by atoms with E-state index in [4.69, 9.17) is 23.5 Å². The number of nitrogen functional groups attached to an aromatic ring is 1. The van der Waals surface area contributed by atoms with Crippen molar-refractivity contribution in [1.82, 2.24) is 29.1 Å². The van der Waals surface area contributed by atoms with Gasteiger partial charge < -0.3 is 24.2 Å². The van der Waals surface area contributed by atoms with E-state index >= 15 is 0 Å². The summed E-state index contributed by atoms with van der Waals surface area (Å²) in [6.45, 7) is 32.0. The topological polar surface area (TPSA) is 173 Å². The number of nitrogens with one attached hydrogen (secondary N) is 1. The molecule has 3 rings (SSSR count). The highest BCUT2D eigenvalue weighted by Crippen LogP contribution is 2.46. The fraction of sp³-hybridized carbons (Fsp3) is 0.800. The molecule has 270 valence electrons. The quantitative estimate of drug-likeness (QED) is 0.287. The first kappa shape index (κ1) is 41.2. The maximum atomic E-state index is 12.4. The van der Waals surface area contributed by atoms with Crippen LogP contribution in [-0.2, 0) is 32.9 Å². The molecule has 1 aliphatic rings. The smallest absolute Gasteiger partial charge is 0.362 e. The molecule has 1 saturated heterocycles. The second-order valence-corrected chi connectivity index (χ2v) is 25.7. The van der Waals surface area contributed by atoms with E-state index in [9.17, 15) is 13.2 Å². The van der Waals surface area contributed by atoms with Crippen LogP contribution in [0.1, 0.15) is 75.5 Å². The lowest BCUT2D eigenvalue weighted by Gasteiger charge is -2.44. The number of ether oxygens (including phenoxy) is 1. The lowest BCUT2D eigenvalue weighted by Crippen LogP contribution is -2.54. The van der Waals surface area contributed by atoms with Gasteiger partial charge in [-0.05, 0) is 55.9 Å². The summed E-state index contributed by atoms with van der Waals surface area (Å²) in [6, 6.07) is 0. The third kappa shape index (κ3) is 10.5. The van der Waals surface area contributed by atoms with Gasteiger partial charge in [0.1, 0.15) is 30.2 Å². The van der Waals surface area contributed by atoms with Crippen molar-refractivity contribution in [1.29, 1.82) is 0 Å². The number of nitrogens with two attached hydrogens (primary N) is 1. The molecule has 17 heteroatoms. The van der Waals surface area contributed by atoms with Gasteiger partial charge in [-0.3, -0.25) is 13.5 Å². The van der Waals surface area contributed by atoms with Crippen molar-refractivity contribution in [3.63, 3.8) is 0 Å². The van der Waals surface area contributed by atoms with Gasteiger partial charge in [0.05, 0.1) is 12.9 Å². The third-order valence-electron chi connectivity index (χ3n) is 9.42. The van der Waals surface area contributed by atoms with Gasteiger partial charge in [-0.25, -0.2) is 19.7 Å². The van der Waals surface area contributed by atoms with Gasteiger partial charge in [-0.15, -0.1) is 0 Å². The zero-order valence-electron chi connectivity index (χ0n) is 30.9. The van der Waals surface area contributed by atoms with Gasteiger partial charge >= 0.3 is 10.3 Å². The minimum absolute atomic E-state index is 0.147. The number of aromatic nitrogens is 4. The van der Waals surface area contributed by atoms with Crippen LogP contribution in [0.4, 0.5) is 5.82 Å². The van der Waals surface area contributed by atoms with Gasteiger partial charge in [0.25, 0.3) is 0 Å². The Labute approximate surface area is 284 Å². The lowest BCUT2D eigenvalue weighted by molar-refractivity contribution is -0.117. The summed E-state index contributed by atoms with van der Waals surface area (Å²) in [5.41, 5.74) is 6.90. The maximum Gasteiger partial charge on any atom is 0.362 e. The van der Waals surface area contributed by atoms with Crippen molar-refractivity contribution in [3.8, 4) is 0 Å². The zero-order valence-corrected chi connectivity index (χ0v) is 33.7. The number of imidazole rings is 1.